The number of morpholine rings is 1. The van der Waals surface area contributed by atoms with E-state index in [9.17, 15) is 14.4 Å². The van der Waals surface area contributed by atoms with E-state index >= 15 is 0 Å². The first-order valence-corrected chi connectivity index (χ1v) is 10.2. The number of methoxy groups -OCH3 is 1. The van der Waals surface area contributed by atoms with E-state index in [0.29, 0.717) is 30.2 Å². The van der Waals surface area contributed by atoms with Gasteiger partial charge in [0.25, 0.3) is 5.91 Å². The first kappa shape index (κ1) is 23.1. The predicted molar refractivity (Wildman–Crippen MR) is 119 cm³/mol. The van der Waals surface area contributed by atoms with Crippen molar-refractivity contribution in [2.75, 3.05) is 63.8 Å². The Bertz CT molecular complexity index is 941. The van der Waals surface area contributed by atoms with E-state index in [4.69, 9.17) is 9.47 Å². The molecule has 0 aliphatic carbocycles. The van der Waals surface area contributed by atoms with Crippen LogP contribution < -0.4 is 15.0 Å². The lowest BCUT2D eigenvalue weighted by Gasteiger charge is -2.28. The van der Waals surface area contributed by atoms with Gasteiger partial charge in [-0.3, -0.25) is 9.59 Å². The third kappa shape index (κ3) is 6.45. The van der Waals surface area contributed by atoms with Gasteiger partial charge in [-0.25, -0.2) is 4.79 Å². The van der Waals surface area contributed by atoms with Gasteiger partial charge in [0.2, 0.25) is 5.91 Å². The summed E-state index contributed by atoms with van der Waals surface area (Å²) >= 11 is 0. The largest absolute Gasteiger partial charge is 0.482 e. The Morgan fingerprint density at radius 1 is 1.09 bits per heavy atom. The molecule has 0 bridgehead atoms. The summed E-state index contributed by atoms with van der Waals surface area (Å²) in [5, 5.41) is 2.81. The molecule has 32 heavy (non-hydrogen) atoms. The maximum atomic E-state index is 12.7. The van der Waals surface area contributed by atoms with Crippen molar-refractivity contribution in [1.82, 2.24) is 4.90 Å². The summed E-state index contributed by atoms with van der Waals surface area (Å²) in [6, 6.07) is 14.0. The molecule has 1 heterocycles. The van der Waals surface area contributed by atoms with E-state index in [0.717, 1.165) is 18.8 Å². The van der Waals surface area contributed by atoms with Crippen LogP contribution in [0, 0.1) is 0 Å². The molecule has 0 radical (unpaired) electrons. The highest BCUT2D eigenvalue weighted by Gasteiger charge is 2.16. The third-order valence-corrected chi connectivity index (χ3v) is 4.92. The Balaban J connectivity index is 1.52. The van der Waals surface area contributed by atoms with Crippen LogP contribution in [0.15, 0.2) is 48.5 Å². The lowest BCUT2D eigenvalue weighted by atomic mass is 10.2. The molecule has 3 rings (SSSR count). The number of amides is 2. The summed E-state index contributed by atoms with van der Waals surface area (Å²) in [5.74, 6) is -0.808. The molecule has 9 heteroatoms. The molecular formula is C23H27N3O6. The summed E-state index contributed by atoms with van der Waals surface area (Å²) in [6.45, 7) is 2.73. The lowest BCUT2D eigenvalue weighted by Crippen LogP contribution is -2.36. The van der Waals surface area contributed by atoms with Gasteiger partial charge >= 0.3 is 5.97 Å². The number of nitrogens with zero attached hydrogens (tertiary/aromatic N) is 2. The Labute approximate surface area is 186 Å². The van der Waals surface area contributed by atoms with Crippen molar-refractivity contribution in [3.05, 3.63) is 54.1 Å². The van der Waals surface area contributed by atoms with Crippen LogP contribution in [-0.2, 0) is 19.1 Å². The number of anilines is 2. The van der Waals surface area contributed by atoms with Gasteiger partial charge in [-0.05, 0) is 42.5 Å². The van der Waals surface area contributed by atoms with Crippen LogP contribution in [0.1, 0.15) is 10.4 Å². The molecule has 0 saturated carbocycles. The zero-order chi connectivity index (χ0) is 22.9. The number of carbonyl (C=O) groups excluding carboxylic acids is 3. The van der Waals surface area contributed by atoms with E-state index < -0.39 is 5.97 Å². The monoisotopic (exact) mass is 441 g/mol. The van der Waals surface area contributed by atoms with Crippen molar-refractivity contribution in [3.63, 3.8) is 0 Å². The standard InChI is InChI=1S/C23H27N3O6/c1-25(23(29)17-4-3-5-20(14-17)32-16-22(28)30-2)15-21(27)24-18-6-8-19(9-7-18)26-10-12-31-13-11-26/h3-9,14H,10-13,15-16H2,1-2H3,(H,24,27). The van der Waals surface area contributed by atoms with Crippen molar-refractivity contribution in [1.29, 1.82) is 0 Å². The summed E-state index contributed by atoms with van der Waals surface area (Å²) in [6.07, 6.45) is 0. The average Bonchev–Trinajstić information content (AvgIpc) is 2.83. The Morgan fingerprint density at radius 3 is 2.50 bits per heavy atom. The first-order valence-electron chi connectivity index (χ1n) is 10.2. The van der Waals surface area contributed by atoms with Crippen molar-refractivity contribution >= 4 is 29.2 Å². The predicted octanol–water partition coefficient (Wildman–Crippen LogP) is 1.79. The summed E-state index contributed by atoms with van der Waals surface area (Å²) in [7, 11) is 2.82. The fourth-order valence-electron chi connectivity index (χ4n) is 3.21. The van der Waals surface area contributed by atoms with Crippen LogP contribution in [0.25, 0.3) is 0 Å². The summed E-state index contributed by atoms with van der Waals surface area (Å²) in [4.78, 5) is 39.8. The van der Waals surface area contributed by atoms with Gasteiger partial charge in [0.1, 0.15) is 5.75 Å². The minimum atomic E-state index is -0.520. The molecule has 0 atom stereocenters. The number of hydrogen-bond acceptors (Lipinski definition) is 7. The van der Waals surface area contributed by atoms with Crippen LogP contribution in [-0.4, -0.2) is 76.3 Å². The SMILES string of the molecule is COC(=O)COc1cccc(C(=O)N(C)CC(=O)Nc2ccc(N3CCOCC3)cc2)c1. The second kappa shape index (κ2) is 11.1. The number of rotatable bonds is 8. The minimum Gasteiger partial charge on any atom is -0.482 e. The van der Waals surface area contributed by atoms with Gasteiger partial charge in [-0.15, -0.1) is 0 Å². The second-order valence-electron chi connectivity index (χ2n) is 7.25. The van der Waals surface area contributed by atoms with E-state index in [1.807, 2.05) is 24.3 Å². The maximum absolute atomic E-state index is 12.7. The fourth-order valence-corrected chi connectivity index (χ4v) is 3.21. The quantitative estimate of drug-likeness (QED) is 0.624. The molecule has 0 unspecified atom stereocenters. The van der Waals surface area contributed by atoms with Gasteiger partial charge in [0.05, 0.1) is 26.9 Å². The molecule has 1 fully saturated rings. The van der Waals surface area contributed by atoms with Crippen molar-refractivity contribution in [2.45, 2.75) is 0 Å². The zero-order valence-electron chi connectivity index (χ0n) is 18.2. The van der Waals surface area contributed by atoms with E-state index in [1.54, 1.807) is 25.2 Å². The number of hydrogen-bond donors (Lipinski definition) is 1. The maximum Gasteiger partial charge on any atom is 0.343 e. The molecule has 1 saturated heterocycles. The van der Waals surface area contributed by atoms with Crippen molar-refractivity contribution in [2.24, 2.45) is 0 Å². The number of ether oxygens (including phenoxy) is 3. The molecule has 9 nitrogen and oxygen atoms in total. The molecule has 0 aromatic heterocycles. The van der Waals surface area contributed by atoms with Crippen molar-refractivity contribution < 1.29 is 28.6 Å². The lowest BCUT2D eigenvalue weighted by molar-refractivity contribution is -0.142. The number of esters is 1. The van der Waals surface area contributed by atoms with Crippen LogP contribution in [0.4, 0.5) is 11.4 Å². The van der Waals surface area contributed by atoms with Gasteiger partial charge in [0.15, 0.2) is 6.61 Å². The van der Waals surface area contributed by atoms with Crippen LogP contribution in [0.3, 0.4) is 0 Å². The van der Waals surface area contributed by atoms with Crippen LogP contribution in [0.2, 0.25) is 0 Å². The summed E-state index contributed by atoms with van der Waals surface area (Å²) < 4.78 is 15.2. The van der Waals surface area contributed by atoms with Gasteiger partial charge in [0, 0.05) is 37.1 Å². The summed E-state index contributed by atoms with van der Waals surface area (Å²) in [5.41, 5.74) is 2.08. The van der Waals surface area contributed by atoms with Gasteiger partial charge in [-0.2, -0.15) is 0 Å². The topological polar surface area (TPSA) is 97.4 Å². The van der Waals surface area contributed by atoms with Crippen LogP contribution in [0.5, 0.6) is 5.75 Å². The normalized spacial score (nSPS) is 13.2. The van der Waals surface area contributed by atoms with Gasteiger partial charge in [-0.1, -0.05) is 6.07 Å². The third-order valence-electron chi connectivity index (χ3n) is 4.92. The number of benzene rings is 2. The average molecular weight is 441 g/mol. The van der Waals surface area contributed by atoms with E-state index in [1.165, 1.54) is 18.1 Å². The molecule has 1 N–H and O–H groups in total. The highest BCUT2D eigenvalue weighted by molar-refractivity contribution is 5.99. The first-order chi connectivity index (χ1) is 15.5. The van der Waals surface area contributed by atoms with Crippen LogP contribution >= 0.6 is 0 Å². The van der Waals surface area contributed by atoms with Crippen molar-refractivity contribution in [3.8, 4) is 5.75 Å². The van der Waals surface area contributed by atoms with Gasteiger partial charge < -0.3 is 29.3 Å². The molecule has 0 spiro atoms. The molecule has 2 aromatic rings. The molecule has 1 aliphatic heterocycles. The van der Waals surface area contributed by atoms with E-state index in [-0.39, 0.29) is 25.0 Å². The Hall–Kier alpha value is -3.59. The molecule has 1 aliphatic rings. The fraction of sp³-hybridized carbons (Fsp3) is 0.348. The zero-order valence-corrected chi connectivity index (χ0v) is 18.2. The smallest absolute Gasteiger partial charge is 0.343 e. The molecular weight excluding hydrogens is 414 g/mol. The highest BCUT2D eigenvalue weighted by atomic mass is 16.6. The number of carbonyl (C=O) groups is 3. The molecule has 170 valence electrons. The number of likely N-dealkylation sites (N-methyl/N-ethyl adjacent to an activating group) is 1. The van der Waals surface area contributed by atoms with E-state index in [2.05, 4.69) is 15.0 Å². The highest BCUT2D eigenvalue weighted by Crippen LogP contribution is 2.19. The Kier molecular flexibility index (Phi) is 8.04. The Morgan fingerprint density at radius 2 is 1.81 bits per heavy atom. The minimum absolute atomic E-state index is 0.114. The second-order valence-corrected chi connectivity index (χ2v) is 7.25. The molecule has 2 amide bonds. The number of nitrogens with one attached hydrogen (secondary N) is 1. The molecule has 2 aromatic carbocycles.